The summed E-state index contributed by atoms with van der Waals surface area (Å²) in [5.41, 5.74) is 1.23. The number of aromatic nitrogens is 4. The predicted octanol–water partition coefficient (Wildman–Crippen LogP) is 1.42. The Bertz CT molecular complexity index is 599. The number of rotatable bonds is 6. The summed E-state index contributed by atoms with van der Waals surface area (Å²) in [7, 11) is 1.52. The highest BCUT2D eigenvalue weighted by atomic mass is 32.2. The van der Waals surface area contributed by atoms with Crippen molar-refractivity contribution in [3.63, 3.8) is 0 Å². The molecule has 0 bridgehead atoms. The van der Waals surface area contributed by atoms with Crippen LogP contribution in [0, 0.1) is 0 Å². The van der Waals surface area contributed by atoms with E-state index in [9.17, 15) is 4.79 Å². The van der Waals surface area contributed by atoms with E-state index in [-0.39, 0.29) is 5.75 Å². The van der Waals surface area contributed by atoms with E-state index in [1.807, 2.05) is 11.5 Å². The van der Waals surface area contributed by atoms with Crippen molar-refractivity contribution in [2.45, 2.75) is 25.0 Å². The molecule has 1 N–H and O–H groups in total. The molecular formula is C11H14N4O3S. The van der Waals surface area contributed by atoms with E-state index in [0.717, 1.165) is 13.0 Å². The molecule has 0 radical (unpaired) electrons. The Morgan fingerprint density at radius 3 is 2.95 bits per heavy atom. The molecule has 2 aromatic rings. The van der Waals surface area contributed by atoms with E-state index in [0.29, 0.717) is 22.2 Å². The van der Waals surface area contributed by atoms with Gasteiger partial charge in [0.1, 0.15) is 6.33 Å². The number of hydrogen-bond donors (Lipinski definition) is 1. The first kappa shape index (κ1) is 13.6. The third-order valence-electron chi connectivity index (χ3n) is 2.43. The number of nitrogens with zero attached hydrogens (tertiary/aromatic N) is 4. The minimum absolute atomic E-state index is 0.0389. The second kappa shape index (κ2) is 5.87. The van der Waals surface area contributed by atoms with Gasteiger partial charge < -0.3 is 14.4 Å². The fraction of sp³-hybridized carbons (Fsp3) is 0.455. The lowest BCUT2D eigenvalue weighted by molar-refractivity contribution is -0.133. The molecule has 0 aliphatic heterocycles. The highest BCUT2D eigenvalue weighted by molar-refractivity contribution is 7.99. The Morgan fingerprint density at radius 2 is 2.32 bits per heavy atom. The number of aliphatic carboxylic acids is 1. The van der Waals surface area contributed by atoms with Gasteiger partial charge in [-0.3, -0.25) is 4.79 Å². The molecule has 0 aliphatic rings. The van der Waals surface area contributed by atoms with Crippen LogP contribution in [0.3, 0.4) is 0 Å². The smallest absolute Gasteiger partial charge is 0.313 e. The lowest BCUT2D eigenvalue weighted by atomic mass is 10.4. The summed E-state index contributed by atoms with van der Waals surface area (Å²) in [5.74, 6) is -0.516. The number of methoxy groups -OCH3 is 1. The molecule has 2 heterocycles. The minimum atomic E-state index is -0.877. The van der Waals surface area contributed by atoms with Crippen molar-refractivity contribution in [3.05, 3.63) is 6.33 Å². The van der Waals surface area contributed by atoms with Gasteiger partial charge >= 0.3 is 5.97 Å². The fourth-order valence-electron chi connectivity index (χ4n) is 1.71. The van der Waals surface area contributed by atoms with Gasteiger partial charge in [-0.05, 0) is 6.42 Å². The lowest BCUT2D eigenvalue weighted by Crippen LogP contribution is -2.03. The molecule has 2 aromatic heterocycles. The zero-order chi connectivity index (χ0) is 13.8. The van der Waals surface area contributed by atoms with Crippen LogP contribution in [0.2, 0.25) is 0 Å². The molecule has 2 rings (SSSR count). The van der Waals surface area contributed by atoms with Crippen LogP contribution in [0.15, 0.2) is 11.5 Å². The van der Waals surface area contributed by atoms with Crippen LogP contribution in [0.25, 0.3) is 11.2 Å². The zero-order valence-electron chi connectivity index (χ0n) is 10.7. The molecule has 0 aliphatic carbocycles. The van der Waals surface area contributed by atoms with Gasteiger partial charge in [0.15, 0.2) is 16.3 Å². The molecule has 7 nitrogen and oxygen atoms in total. The van der Waals surface area contributed by atoms with Crippen LogP contribution >= 0.6 is 11.8 Å². The van der Waals surface area contributed by atoms with Crippen LogP contribution < -0.4 is 4.74 Å². The van der Waals surface area contributed by atoms with E-state index in [4.69, 9.17) is 9.84 Å². The Kier molecular flexibility index (Phi) is 4.20. The van der Waals surface area contributed by atoms with Crippen molar-refractivity contribution in [3.8, 4) is 5.88 Å². The van der Waals surface area contributed by atoms with Crippen molar-refractivity contribution in [2.24, 2.45) is 0 Å². The van der Waals surface area contributed by atoms with Crippen molar-refractivity contribution in [1.82, 2.24) is 19.5 Å². The maximum absolute atomic E-state index is 10.7. The first-order valence-electron chi connectivity index (χ1n) is 5.77. The number of hydrogen-bond acceptors (Lipinski definition) is 6. The van der Waals surface area contributed by atoms with E-state index < -0.39 is 5.97 Å². The molecule has 0 amide bonds. The second-order valence-electron chi connectivity index (χ2n) is 3.78. The maximum Gasteiger partial charge on any atom is 0.313 e. The first-order chi connectivity index (χ1) is 9.17. The van der Waals surface area contributed by atoms with Crippen LogP contribution in [0.4, 0.5) is 0 Å². The summed E-state index contributed by atoms with van der Waals surface area (Å²) in [4.78, 5) is 23.3. The zero-order valence-corrected chi connectivity index (χ0v) is 11.5. The topological polar surface area (TPSA) is 90.1 Å². The number of thioether (sulfide) groups is 1. The molecule has 0 unspecified atom stereocenters. The van der Waals surface area contributed by atoms with Crippen LogP contribution in [0.5, 0.6) is 5.88 Å². The summed E-state index contributed by atoms with van der Waals surface area (Å²) < 4.78 is 7.04. The maximum atomic E-state index is 10.7. The summed E-state index contributed by atoms with van der Waals surface area (Å²) in [6, 6.07) is 0. The van der Waals surface area contributed by atoms with E-state index >= 15 is 0 Å². The number of carboxylic acid groups (broad SMARTS) is 1. The molecule has 8 heteroatoms. The Balaban J connectivity index is 2.49. The summed E-state index contributed by atoms with van der Waals surface area (Å²) in [5, 5.41) is 9.38. The molecule has 0 spiro atoms. The highest BCUT2D eigenvalue weighted by Gasteiger charge is 2.16. The monoisotopic (exact) mass is 282 g/mol. The standard InChI is InChI=1S/C11H14N4O3S/c1-3-4-15-9-8(10(18-2)13-6-12-9)14-11(15)19-5-7(16)17/h6H,3-5H2,1-2H3,(H,16,17). The van der Waals surface area contributed by atoms with Crippen LogP contribution in [-0.4, -0.2) is 43.5 Å². The summed E-state index contributed by atoms with van der Waals surface area (Å²) >= 11 is 1.17. The SMILES string of the molecule is CCCn1c(SCC(=O)O)nc2c(OC)ncnc21. The quantitative estimate of drug-likeness (QED) is 0.801. The van der Waals surface area contributed by atoms with Gasteiger partial charge in [-0.15, -0.1) is 0 Å². The number of imidazole rings is 1. The minimum Gasteiger partial charge on any atom is -0.481 e. The summed E-state index contributed by atoms with van der Waals surface area (Å²) in [6.07, 6.45) is 2.32. The highest BCUT2D eigenvalue weighted by Crippen LogP contribution is 2.27. The van der Waals surface area contributed by atoms with Crippen LogP contribution in [-0.2, 0) is 11.3 Å². The largest absolute Gasteiger partial charge is 0.481 e. The number of aryl methyl sites for hydroxylation is 1. The molecular weight excluding hydrogens is 268 g/mol. The van der Waals surface area contributed by atoms with Gasteiger partial charge in [-0.25, -0.2) is 9.97 Å². The van der Waals surface area contributed by atoms with Crippen molar-refractivity contribution < 1.29 is 14.6 Å². The third-order valence-corrected chi connectivity index (χ3v) is 3.39. The van der Waals surface area contributed by atoms with Crippen molar-refractivity contribution in [2.75, 3.05) is 12.9 Å². The lowest BCUT2D eigenvalue weighted by Gasteiger charge is -2.05. The molecule has 0 saturated carbocycles. The number of ether oxygens (including phenoxy) is 1. The van der Waals surface area contributed by atoms with Crippen molar-refractivity contribution >= 4 is 28.9 Å². The Labute approximate surface area is 114 Å². The van der Waals surface area contributed by atoms with Gasteiger partial charge in [0.05, 0.1) is 12.9 Å². The van der Waals surface area contributed by atoms with E-state index in [1.54, 1.807) is 0 Å². The van der Waals surface area contributed by atoms with Gasteiger partial charge in [0.2, 0.25) is 5.88 Å². The fourth-order valence-corrected chi connectivity index (χ4v) is 2.45. The van der Waals surface area contributed by atoms with Gasteiger partial charge in [0, 0.05) is 6.54 Å². The molecule has 0 saturated heterocycles. The molecule has 102 valence electrons. The number of fused-ring (bicyclic) bond motifs is 1. The predicted molar refractivity (Wildman–Crippen MR) is 70.5 cm³/mol. The number of carbonyl (C=O) groups is 1. The molecule has 19 heavy (non-hydrogen) atoms. The van der Waals surface area contributed by atoms with Gasteiger partial charge in [0.25, 0.3) is 0 Å². The second-order valence-corrected chi connectivity index (χ2v) is 4.73. The van der Waals surface area contributed by atoms with Gasteiger partial charge in [-0.1, -0.05) is 18.7 Å². The average Bonchev–Trinajstić information content (AvgIpc) is 2.75. The average molecular weight is 282 g/mol. The van der Waals surface area contributed by atoms with E-state index in [1.165, 1.54) is 25.2 Å². The molecule has 0 atom stereocenters. The summed E-state index contributed by atoms with van der Waals surface area (Å²) in [6.45, 7) is 2.76. The molecule has 0 fully saturated rings. The third kappa shape index (κ3) is 2.78. The first-order valence-corrected chi connectivity index (χ1v) is 6.75. The van der Waals surface area contributed by atoms with Crippen LogP contribution in [0.1, 0.15) is 13.3 Å². The Hall–Kier alpha value is -1.83. The van der Waals surface area contributed by atoms with E-state index in [2.05, 4.69) is 15.0 Å². The number of carboxylic acids is 1. The van der Waals surface area contributed by atoms with Gasteiger partial charge in [-0.2, -0.15) is 4.98 Å². The normalized spacial score (nSPS) is 10.8. The van der Waals surface area contributed by atoms with Crippen molar-refractivity contribution in [1.29, 1.82) is 0 Å². The Morgan fingerprint density at radius 1 is 1.53 bits per heavy atom. The molecule has 0 aromatic carbocycles.